The number of halogens is 1. The number of nitrogens with zero attached hydrogens (tertiary/aromatic N) is 5. The van der Waals surface area contributed by atoms with Crippen molar-refractivity contribution in [2.24, 2.45) is 11.8 Å². The molecule has 3 aromatic heterocycles. The summed E-state index contributed by atoms with van der Waals surface area (Å²) in [6.45, 7) is 3.31. The molecule has 38 heavy (non-hydrogen) atoms. The van der Waals surface area contributed by atoms with Crippen LogP contribution >= 0.6 is 0 Å². The minimum absolute atomic E-state index is 0.0927. The Kier molecular flexibility index (Phi) is 6.42. The lowest BCUT2D eigenvalue weighted by Gasteiger charge is -2.34. The first kappa shape index (κ1) is 24.3. The summed E-state index contributed by atoms with van der Waals surface area (Å²) in [5, 5.41) is 5.84. The van der Waals surface area contributed by atoms with Crippen molar-refractivity contribution in [1.82, 2.24) is 30.2 Å². The highest BCUT2D eigenvalue weighted by Crippen LogP contribution is 2.32. The number of rotatable bonds is 6. The average molecular weight is 519 g/mol. The summed E-state index contributed by atoms with van der Waals surface area (Å²) in [6.07, 6.45) is 7.71. The van der Waals surface area contributed by atoms with Gasteiger partial charge in [0, 0.05) is 51.3 Å². The lowest BCUT2D eigenvalue weighted by atomic mass is 9.86. The maximum atomic E-state index is 14.6. The number of aromatic amines is 1. The van der Waals surface area contributed by atoms with Gasteiger partial charge in [0.2, 0.25) is 11.9 Å². The predicted molar refractivity (Wildman–Crippen MR) is 141 cm³/mol. The summed E-state index contributed by atoms with van der Waals surface area (Å²) in [5.74, 6) is 1.10. The van der Waals surface area contributed by atoms with Crippen molar-refractivity contribution in [3.05, 3.63) is 47.7 Å². The summed E-state index contributed by atoms with van der Waals surface area (Å²) in [7, 11) is 1.90. The van der Waals surface area contributed by atoms with Gasteiger partial charge in [0.15, 0.2) is 5.82 Å². The van der Waals surface area contributed by atoms with Gasteiger partial charge < -0.3 is 25.4 Å². The first-order chi connectivity index (χ1) is 18.4. The normalized spacial score (nSPS) is 20.0. The molecule has 10 nitrogen and oxygen atoms in total. The molecule has 2 saturated heterocycles. The van der Waals surface area contributed by atoms with E-state index >= 15 is 0 Å². The van der Waals surface area contributed by atoms with Crippen LogP contribution in [-0.2, 0) is 11.2 Å². The minimum Gasteiger partial charge on any atom is -0.370 e. The second-order valence-corrected chi connectivity index (χ2v) is 10.4. The molecule has 2 fully saturated rings. The number of hydrogen-bond donors (Lipinski definition) is 3. The summed E-state index contributed by atoms with van der Waals surface area (Å²) in [4.78, 5) is 44.5. The smallest absolute Gasteiger partial charge is 0.253 e. The second-order valence-electron chi connectivity index (χ2n) is 10.4. The van der Waals surface area contributed by atoms with Gasteiger partial charge in [-0.2, -0.15) is 0 Å². The van der Waals surface area contributed by atoms with Crippen LogP contribution in [0, 0.1) is 17.7 Å². The van der Waals surface area contributed by atoms with Gasteiger partial charge in [-0.05, 0) is 49.8 Å². The van der Waals surface area contributed by atoms with Crippen molar-refractivity contribution in [3.8, 4) is 11.4 Å². The molecule has 2 amide bonds. The Labute approximate surface area is 220 Å². The van der Waals surface area contributed by atoms with Gasteiger partial charge in [0.25, 0.3) is 5.91 Å². The van der Waals surface area contributed by atoms with Crippen LogP contribution in [0.3, 0.4) is 0 Å². The van der Waals surface area contributed by atoms with Gasteiger partial charge in [-0.3, -0.25) is 9.59 Å². The molecule has 3 aliphatic heterocycles. The molecule has 6 heterocycles. The lowest BCUT2D eigenvalue weighted by molar-refractivity contribution is -0.130. The zero-order valence-electron chi connectivity index (χ0n) is 21.3. The lowest BCUT2D eigenvalue weighted by Crippen LogP contribution is -2.35. The Morgan fingerprint density at radius 2 is 1.95 bits per heavy atom. The van der Waals surface area contributed by atoms with E-state index in [1.807, 2.05) is 30.3 Å². The number of fused-ring (bicyclic) bond motifs is 1. The van der Waals surface area contributed by atoms with E-state index in [2.05, 4.69) is 35.5 Å². The molecule has 0 radical (unpaired) electrons. The van der Waals surface area contributed by atoms with E-state index in [9.17, 15) is 14.0 Å². The van der Waals surface area contributed by atoms with Crippen LogP contribution in [0.4, 0.5) is 21.8 Å². The van der Waals surface area contributed by atoms with Crippen LogP contribution in [0.5, 0.6) is 0 Å². The summed E-state index contributed by atoms with van der Waals surface area (Å²) in [6, 6.07) is 5.49. The van der Waals surface area contributed by atoms with Crippen LogP contribution < -0.4 is 15.5 Å². The molecule has 1 atom stereocenters. The van der Waals surface area contributed by atoms with Gasteiger partial charge in [-0.25, -0.2) is 19.3 Å². The zero-order valence-corrected chi connectivity index (χ0v) is 21.3. The fourth-order valence-corrected chi connectivity index (χ4v) is 5.74. The molecule has 11 heteroatoms. The number of pyridine rings is 1. The first-order valence-electron chi connectivity index (χ1n) is 13.2. The van der Waals surface area contributed by atoms with E-state index in [1.54, 1.807) is 6.07 Å². The van der Waals surface area contributed by atoms with E-state index in [0.29, 0.717) is 41.9 Å². The van der Waals surface area contributed by atoms with E-state index < -0.39 is 5.82 Å². The number of nitrogens with one attached hydrogen (secondary N) is 3. The summed E-state index contributed by atoms with van der Waals surface area (Å²) >= 11 is 0. The zero-order chi connectivity index (χ0) is 26.2. The van der Waals surface area contributed by atoms with Crippen LogP contribution in [0.1, 0.15) is 41.7 Å². The Morgan fingerprint density at radius 1 is 1.11 bits per heavy atom. The number of carbonyl (C=O) groups excluding carboxylic acids is 2. The van der Waals surface area contributed by atoms with Gasteiger partial charge in [-0.1, -0.05) is 0 Å². The topological polar surface area (TPSA) is 119 Å². The molecule has 0 aliphatic carbocycles. The molecule has 0 bridgehead atoms. The third-order valence-corrected chi connectivity index (χ3v) is 7.93. The molecule has 6 rings (SSSR count). The molecule has 0 saturated carbocycles. The molecule has 1 unspecified atom stereocenters. The average Bonchev–Trinajstić information content (AvgIpc) is 3.50. The maximum absolute atomic E-state index is 14.6. The minimum atomic E-state index is -0.578. The van der Waals surface area contributed by atoms with Crippen molar-refractivity contribution in [2.45, 2.75) is 32.1 Å². The molecule has 3 aliphatic rings. The summed E-state index contributed by atoms with van der Waals surface area (Å²) < 4.78 is 14.6. The number of piperidine rings is 1. The van der Waals surface area contributed by atoms with Crippen LogP contribution in [0.15, 0.2) is 30.6 Å². The number of aromatic nitrogens is 4. The van der Waals surface area contributed by atoms with E-state index in [-0.39, 0.29) is 23.5 Å². The first-order valence-corrected chi connectivity index (χ1v) is 13.2. The molecule has 0 aromatic carbocycles. The summed E-state index contributed by atoms with van der Waals surface area (Å²) in [5.41, 5.74) is 2.86. The fourth-order valence-electron chi connectivity index (χ4n) is 5.74. The third-order valence-electron chi connectivity index (χ3n) is 7.93. The number of likely N-dealkylation sites (tertiary alicyclic amines) is 1. The highest BCUT2D eigenvalue weighted by molar-refractivity contribution is 5.97. The Morgan fingerprint density at radius 3 is 2.66 bits per heavy atom. The van der Waals surface area contributed by atoms with Crippen molar-refractivity contribution >= 4 is 29.3 Å². The van der Waals surface area contributed by atoms with E-state index in [1.165, 1.54) is 0 Å². The van der Waals surface area contributed by atoms with Gasteiger partial charge >= 0.3 is 0 Å². The number of carbonyl (C=O) groups is 2. The quantitative estimate of drug-likeness (QED) is 0.459. The van der Waals surface area contributed by atoms with Gasteiger partial charge in [-0.15, -0.1) is 0 Å². The standard InChI is InChI=1S/C27H31FN8O2/c1-35-9-7-17(26(35)38)12-16-5-10-36(11-6-16)18-2-3-23(30-14-18)33-27-31-15-20(28)24(34-27)22-13-19-21(32-22)4-8-29-25(19)37/h2-3,13-17,32H,4-12H2,1H3,(H,29,37)(H,30,31,33,34). The van der Waals surface area contributed by atoms with Crippen LogP contribution in [0.2, 0.25) is 0 Å². The second kappa shape index (κ2) is 10.0. The Bertz CT molecular complexity index is 1350. The number of anilines is 3. The van der Waals surface area contributed by atoms with Gasteiger partial charge in [0.1, 0.15) is 11.5 Å². The number of hydrogen-bond acceptors (Lipinski definition) is 7. The Balaban J connectivity index is 1.08. The number of amides is 2. The fraction of sp³-hybridized carbons (Fsp3) is 0.444. The molecular formula is C27H31FN8O2. The molecule has 198 valence electrons. The molecule has 3 N–H and O–H groups in total. The van der Waals surface area contributed by atoms with Crippen LogP contribution in [0.25, 0.3) is 11.4 Å². The Hall–Kier alpha value is -4.02. The van der Waals surface area contributed by atoms with Crippen molar-refractivity contribution in [1.29, 1.82) is 0 Å². The monoisotopic (exact) mass is 518 g/mol. The third kappa shape index (κ3) is 4.80. The van der Waals surface area contributed by atoms with Crippen molar-refractivity contribution in [2.75, 3.05) is 43.4 Å². The van der Waals surface area contributed by atoms with E-state index in [0.717, 1.165) is 62.9 Å². The number of H-pyrrole nitrogens is 1. The maximum Gasteiger partial charge on any atom is 0.253 e. The van der Waals surface area contributed by atoms with Crippen LogP contribution in [-0.4, -0.2) is 69.9 Å². The predicted octanol–water partition coefficient (Wildman–Crippen LogP) is 3.12. The molecule has 0 spiro atoms. The van der Waals surface area contributed by atoms with Crippen molar-refractivity contribution < 1.29 is 14.0 Å². The van der Waals surface area contributed by atoms with Crippen molar-refractivity contribution in [3.63, 3.8) is 0 Å². The molecular weight excluding hydrogens is 487 g/mol. The highest BCUT2D eigenvalue weighted by atomic mass is 19.1. The largest absolute Gasteiger partial charge is 0.370 e. The van der Waals surface area contributed by atoms with E-state index in [4.69, 9.17) is 0 Å². The van der Waals surface area contributed by atoms with Gasteiger partial charge in [0.05, 0.1) is 29.3 Å². The SMILES string of the molecule is CN1CCC(CC2CCN(c3ccc(Nc4ncc(F)c(-c5cc6c([nH]5)CCNC6=O)n4)nc3)CC2)C1=O. The highest BCUT2D eigenvalue weighted by Gasteiger charge is 2.32. The molecule has 3 aromatic rings.